The van der Waals surface area contributed by atoms with E-state index in [0.29, 0.717) is 43.0 Å². The van der Waals surface area contributed by atoms with Crippen LogP contribution in [0.25, 0.3) is 0 Å². The number of aryl methyl sites for hydroxylation is 1. The van der Waals surface area contributed by atoms with Crippen molar-refractivity contribution in [2.75, 3.05) is 56.5 Å². The predicted molar refractivity (Wildman–Crippen MR) is 203 cm³/mol. The van der Waals surface area contributed by atoms with Gasteiger partial charge in [0.1, 0.15) is 0 Å². The number of aromatic nitrogens is 2. The Kier molecular flexibility index (Phi) is 10.3. The number of hydrogen-bond acceptors (Lipinski definition) is 8. The number of nitrogens with zero attached hydrogens (tertiary/aromatic N) is 5. The number of nitrogens with one attached hydrogen (secondary N) is 2. The predicted octanol–water partition coefficient (Wildman–Crippen LogP) is 5.54. The van der Waals surface area contributed by atoms with E-state index in [1.807, 2.05) is 28.9 Å². The van der Waals surface area contributed by atoms with Gasteiger partial charge in [-0.3, -0.25) is 24.5 Å². The number of imide groups is 1. The van der Waals surface area contributed by atoms with Crippen molar-refractivity contribution in [2.45, 2.75) is 75.9 Å². The van der Waals surface area contributed by atoms with Crippen LogP contribution in [-0.4, -0.2) is 89.7 Å². The lowest BCUT2D eigenvalue weighted by Crippen LogP contribution is -2.48. The largest absolute Gasteiger partial charge is 0.416 e. The minimum atomic E-state index is -4.64. The van der Waals surface area contributed by atoms with Crippen LogP contribution in [0.2, 0.25) is 0 Å². The van der Waals surface area contributed by atoms with Gasteiger partial charge in [-0.15, -0.1) is 0 Å². The molecule has 4 aliphatic heterocycles. The van der Waals surface area contributed by atoms with Crippen LogP contribution in [0.5, 0.6) is 0 Å². The number of alkyl halides is 3. The van der Waals surface area contributed by atoms with Gasteiger partial charge in [-0.2, -0.15) is 18.3 Å². The van der Waals surface area contributed by atoms with Gasteiger partial charge in [-0.25, -0.2) is 4.68 Å². The van der Waals surface area contributed by atoms with Crippen LogP contribution in [-0.2, 0) is 22.8 Å². The summed E-state index contributed by atoms with van der Waals surface area (Å²) < 4.78 is 44.0. The molecule has 1 aromatic heterocycles. The standard InChI is InChI=1S/C40H48F3N7O4.2H2/c1-25-34(22-44-48(3)37(25)53)45-29-20-28(23-47(2)24-29)26-4-6-27(7-5-26)38(54)50-18-14-39(15-19-50)12-16-49(17-13-39)30-8-9-31(33(21-30)40(41,42)43)32-10-11-35(51)46-36(32)52;;/h4-9,21-22,28-29,32,45H,10-20,23-24H2,1-3H3,(H,46,51,52);2*1H/t28-,29+,32?;;/m1../s1. The third-order valence-corrected chi connectivity index (χ3v) is 12.3. The lowest BCUT2D eigenvalue weighted by atomic mass is 9.71. The maximum absolute atomic E-state index is 14.2. The lowest BCUT2D eigenvalue weighted by Gasteiger charge is -2.47. The van der Waals surface area contributed by atoms with Gasteiger partial charge in [-0.1, -0.05) is 18.2 Å². The molecule has 1 spiro atoms. The minimum absolute atomic E-state index is 0. The molecule has 3 aromatic rings. The first kappa shape index (κ1) is 37.6. The molecule has 0 aliphatic carbocycles. The second-order valence-corrected chi connectivity index (χ2v) is 15.8. The van der Waals surface area contributed by atoms with Crippen LogP contribution < -0.4 is 21.1 Å². The van der Waals surface area contributed by atoms with Crippen LogP contribution in [0.3, 0.4) is 0 Å². The van der Waals surface area contributed by atoms with Crippen LogP contribution in [0.4, 0.5) is 24.5 Å². The van der Waals surface area contributed by atoms with E-state index >= 15 is 0 Å². The molecule has 11 nitrogen and oxygen atoms in total. The van der Waals surface area contributed by atoms with Crippen molar-refractivity contribution < 1.29 is 30.4 Å². The Hall–Kier alpha value is -4.72. The Morgan fingerprint density at radius 3 is 2.31 bits per heavy atom. The fourth-order valence-electron chi connectivity index (χ4n) is 8.97. The highest BCUT2D eigenvalue weighted by Crippen LogP contribution is 2.44. The molecule has 5 heterocycles. The van der Waals surface area contributed by atoms with E-state index in [1.165, 1.54) is 16.3 Å². The number of likely N-dealkylation sites (N-methyl/N-ethyl adjacent to an activating group) is 1. The van der Waals surface area contributed by atoms with Crippen molar-refractivity contribution in [2.24, 2.45) is 12.5 Å². The topological polar surface area (TPSA) is 120 Å². The molecule has 0 saturated carbocycles. The highest BCUT2D eigenvalue weighted by Gasteiger charge is 2.41. The van der Waals surface area contributed by atoms with Gasteiger partial charge in [-0.05, 0) is 99.2 Å². The minimum Gasteiger partial charge on any atom is -0.379 e. The summed E-state index contributed by atoms with van der Waals surface area (Å²) in [5, 5.41) is 9.88. The molecule has 14 heteroatoms. The van der Waals surface area contributed by atoms with E-state index in [1.54, 1.807) is 19.3 Å². The van der Waals surface area contributed by atoms with Crippen LogP contribution >= 0.6 is 0 Å². The molecule has 0 bridgehead atoms. The van der Waals surface area contributed by atoms with Crippen molar-refractivity contribution in [1.82, 2.24) is 24.9 Å². The summed E-state index contributed by atoms with van der Waals surface area (Å²) >= 11 is 0. The molecular weight excluding hydrogens is 699 g/mol. The maximum atomic E-state index is 14.2. The second-order valence-electron chi connectivity index (χ2n) is 15.8. The van der Waals surface area contributed by atoms with Gasteiger partial charge in [0, 0.05) is 78.4 Å². The van der Waals surface area contributed by atoms with Gasteiger partial charge in [0.15, 0.2) is 0 Å². The highest BCUT2D eigenvalue weighted by molar-refractivity contribution is 6.01. The summed E-state index contributed by atoms with van der Waals surface area (Å²) in [5.41, 5.74) is 2.71. The monoisotopic (exact) mass is 751 g/mol. The van der Waals surface area contributed by atoms with Crippen LogP contribution in [0, 0.1) is 12.3 Å². The Labute approximate surface area is 315 Å². The van der Waals surface area contributed by atoms with Gasteiger partial charge < -0.3 is 20.0 Å². The molecular formula is C40H52F3N7O4. The Bertz CT molecular complexity index is 1980. The van der Waals surface area contributed by atoms with E-state index in [4.69, 9.17) is 0 Å². The van der Waals surface area contributed by atoms with E-state index in [0.717, 1.165) is 56.9 Å². The average molecular weight is 752 g/mol. The normalized spacial score (nSPS) is 23.7. The quantitative estimate of drug-likeness (QED) is 0.316. The molecule has 54 heavy (non-hydrogen) atoms. The van der Waals surface area contributed by atoms with Crippen molar-refractivity contribution in [3.05, 3.63) is 86.8 Å². The van der Waals surface area contributed by atoms with Crippen LogP contribution in [0.15, 0.2) is 53.5 Å². The first-order valence-corrected chi connectivity index (χ1v) is 18.9. The first-order valence-electron chi connectivity index (χ1n) is 18.9. The summed E-state index contributed by atoms with van der Waals surface area (Å²) in [5.74, 6) is -1.89. The third kappa shape index (κ3) is 7.75. The number of halogens is 3. The fourth-order valence-corrected chi connectivity index (χ4v) is 8.97. The molecule has 4 aliphatic rings. The van der Waals surface area contributed by atoms with Crippen molar-refractivity contribution in [1.29, 1.82) is 0 Å². The molecule has 1 unspecified atom stereocenters. The summed E-state index contributed by atoms with van der Waals surface area (Å²) in [6.07, 6.45) is 1.35. The molecule has 4 fully saturated rings. The number of carbonyl (C=O) groups is 3. The average Bonchev–Trinajstić information content (AvgIpc) is 3.15. The first-order chi connectivity index (χ1) is 25.7. The zero-order valence-corrected chi connectivity index (χ0v) is 31.0. The SMILES string of the molecule is Cc1c(N[C@H]2C[C@@H](c3ccc(C(=O)N4CCC5(CC4)CCN(c4ccc(C6CCC(=O)NC6=O)c(C(F)(F)F)c4)CC5)cc3)CN(C)C2)cnn(C)c1=O.[HH].[HH]. The number of likely N-dealkylation sites (tertiary alicyclic amines) is 2. The lowest BCUT2D eigenvalue weighted by molar-refractivity contribution is -0.139. The van der Waals surface area contributed by atoms with Gasteiger partial charge in [0.05, 0.1) is 23.4 Å². The Balaban J connectivity index is 0.00000300. The molecule has 0 radical (unpaired) electrons. The molecule has 2 N–H and O–H groups in total. The summed E-state index contributed by atoms with van der Waals surface area (Å²) in [6, 6.07) is 12.3. The molecule has 2 aromatic carbocycles. The molecule has 7 rings (SSSR count). The Morgan fingerprint density at radius 2 is 1.65 bits per heavy atom. The number of amides is 3. The van der Waals surface area contributed by atoms with Crippen LogP contribution in [0.1, 0.15) is 92.2 Å². The number of piperidine rings is 4. The van der Waals surface area contributed by atoms with E-state index in [9.17, 15) is 32.3 Å². The number of carbonyl (C=O) groups excluding carboxylic acids is 3. The zero-order valence-electron chi connectivity index (χ0n) is 31.0. The fraction of sp³-hybridized carbons (Fsp3) is 0.525. The van der Waals surface area contributed by atoms with E-state index in [-0.39, 0.29) is 50.1 Å². The van der Waals surface area contributed by atoms with Crippen molar-refractivity contribution >= 4 is 29.1 Å². The summed E-state index contributed by atoms with van der Waals surface area (Å²) in [6.45, 7) is 6.03. The van der Waals surface area contributed by atoms with Gasteiger partial charge in [0.25, 0.3) is 11.5 Å². The number of rotatable bonds is 6. The molecule has 292 valence electrons. The van der Waals surface area contributed by atoms with Gasteiger partial charge >= 0.3 is 6.18 Å². The van der Waals surface area contributed by atoms with Gasteiger partial charge in [0.2, 0.25) is 11.8 Å². The van der Waals surface area contributed by atoms with Crippen molar-refractivity contribution in [3.8, 4) is 0 Å². The number of hydrogen-bond donors (Lipinski definition) is 2. The second kappa shape index (κ2) is 14.8. The highest BCUT2D eigenvalue weighted by atomic mass is 19.4. The molecule has 3 amide bonds. The van der Waals surface area contributed by atoms with Crippen molar-refractivity contribution in [3.63, 3.8) is 0 Å². The van der Waals surface area contributed by atoms with E-state index < -0.39 is 29.5 Å². The Morgan fingerprint density at radius 1 is 0.963 bits per heavy atom. The van der Waals surface area contributed by atoms with E-state index in [2.05, 4.69) is 39.8 Å². The zero-order chi connectivity index (χ0) is 38.4. The summed E-state index contributed by atoms with van der Waals surface area (Å²) in [4.78, 5) is 56.2. The summed E-state index contributed by atoms with van der Waals surface area (Å²) in [7, 11) is 3.73. The third-order valence-electron chi connectivity index (χ3n) is 12.3. The maximum Gasteiger partial charge on any atom is 0.416 e. The molecule has 3 atom stereocenters. The molecule has 4 saturated heterocycles. The number of anilines is 2. The number of benzene rings is 2. The smallest absolute Gasteiger partial charge is 0.379 e.